The van der Waals surface area contributed by atoms with E-state index in [-0.39, 0.29) is 11.4 Å². The Balaban J connectivity index is 1.81. The van der Waals surface area contributed by atoms with Crippen molar-refractivity contribution in [2.24, 2.45) is 0 Å². The summed E-state index contributed by atoms with van der Waals surface area (Å²) in [5.74, 6) is 0.0944. The summed E-state index contributed by atoms with van der Waals surface area (Å²) in [6.45, 7) is 0. The minimum atomic E-state index is -3.07. The van der Waals surface area contributed by atoms with Crippen LogP contribution >= 0.6 is 7.14 Å². The molecule has 5 rings (SSSR count). The van der Waals surface area contributed by atoms with Crippen molar-refractivity contribution in [3.8, 4) is 0 Å². The van der Waals surface area contributed by atoms with Gasteiger partial charge in [0.2, 0.25) is 5.91 Å². The third-order valence-corrected chi connectivity index (χ3v) is 9.27. The van der Waals surface area contributed by atoms with E-state index in [1.165, 1.54) is 5.56 Å². The Kier molecular flexibility index (Phi) is 4.03. The van der Waals surface area contributed by atoms with E-state index in [2.05, 4.69) is 11.4 Å². The van der Waals surface area contributed by atoms with Gasteiger partial charge in [0.1, 0.15) is 0 Å². The molecule has 140 valence electrons. The van der Waals surface area contributed by atoms with Crippen molar-refractivity contribution in [1.29, 1.82) is 0 Å². The number of nitrogens with one attached hydrogen (secondary N) is 1. The third-order valence-electron chi connectivity index (χ3n) is 6.16. The number of aryl methyl sites for hydroxylation is 1. The largest absolute Gasteiger partial charge is 0.347 e. The minimum absolute atomic E-state index is 0.0944. The van der Waals surface area contributed by atoms with Crippen molar-refractivity contribution in [2.75, 3.05) is 0 Å². The quantitative estimate of drug-likeness (QED) is 0.701. The molecule has 1 aliphatic carbocycles. The molecule has 0 radical (unpaired) electrons. The van der Waals surface area contributed by atoms with E-state index < -0.39 is 7.14 Å². The first-order chi connectivity index (χ1) is 13.6. The van der Waals surface area contributed by atoms with E-state index in [9.17, 15) is 9.36 Å². The lowest BCUT2D eigenvalue weighted by atomic mass is 9.90. The van der Waals surface area contributed by atoms with Gasteiger partial charge in [-0.05, 0) is 30.4 Å². The van der Waals surface area contributed by atoms with Crippen molar-refractivity contribution < 1.29 is 9.36 Å². The van der Waals surface area contributed by atoms with Crippen LogP contribution in [0.3, 0.4) is 0 Å². The van der Waals surface area contributed by atoms with E-state index in [1.807, 2.05) is 72.8 Å². The van der Waals surface area contributed by atoms with Gasteiger partial charge in [0.15, 0.2) is 7.14 Å². The lowest BCUT2D eigenvalue weighted by molar-refractivity contribution is -0.119. The van der Waals surface area contributed by atoms with Gasteiger partial charge < -0.3 is 9.88 Å². The van der Waals surface area contributed by atoms with E-state index >= 15 is 0 Å². The molecule has 1 aliphatic heterocycles. The van der Waals surface area contributed by atoms with Crippen molar-refractivity contribution >= 4 is 29.0 Å². The molecule has 0 saturated carbocycles. The zero-order chi connectivity index (χ0) is 19.2. The van der Waals surface area contributed by atoms with Crippen LogP contribution in [0.4, 0.5) is 0 Å². The van der Waals surface area contributed by atoms with Gasteiger partial charge in [-0.2, -0.15) is 0 Å². The maximum atomic E-state index is 14.9. The molecule has 1 heterocycles. The minimum Gasteiger partial charge on any atom is -0.347 e. The smallest absolute Gasteiger partial charge is 0.220 e. The highest BCUT2D eigenvalue weighted by atomic mass is 31.2. The standard InChI is InChI=1S/C24H22NO2P/c26-22-15-17-24(25-22)16-14-18-8-7-13-21(23(18)24)28(27,19-9-3-1-4-10-19)20-11-5-2-6-12-20/h1-13H,14-17H2,(H,25,26)/t24-/m1/s1. The van der Waals surface area contributed by atoms with Crippen LogP contribution in [0.2, 0.25) is 0 Å². The summed E-state index contributed by atoms with van der Waals surface area (Å²) >= 11 is 0. The molecule has 2 aliphatic rings. The van der Waals surface area contributed by atoms with Crippen LogP contribution in [0.1, 0.15) is 30.4 Å². The topological polar surface area (TPSA) is 46.2 Å². The molecule has 3 nitrogen and oxygen atoms in total. The van der Waals surface area contributed by atoms with Crippen LogP contribution < -0.4 is 21.2 Å². The number of carbonyl (C=O) groups excluding carboxylic acids is 1. The second-order valence-corrected chi connectivity index (χ2v) is 10.5. The fraction of sp³-hybridized carbons (Fsp3) is 0.208. The number of hydrogen-bond donors (Lipinski definition) is 1. The van der Waals surface area contributed by atoms with Crippen LogP contribution in [0, 0.1) is 0 Å². The Labute approximate surface area is 165 Å². The number of rotatable bonds is 3. The number of benzene rings is 3. The molecule has 1 N–H and O–H groups in total. The van der Waals surface area contributed by atoms with Crippen LogP contribution in [0.5, 0.6) is 0 Å². The first kappa shape index (κ1) is 17.5. The van der Waals surface area contributed by atoms with E-state index in [0.29, 0.717) is 6.42 Å². The van der Waals surface area contributed by atoms with Crippen molar-refractivity contribution in [3.63, 3.8) is 0 Å². The highest BCUT2D eigenvalue weighted by molar-refractivity contribution is 7.85. The molecule has 1 spiro atoms. The molecule has 1 saturated heterocycles. The zero-order valence-electron chi connectivity index (χ0n) is 15.6. The summed E-state index contributed by atoms with van der Waals surface area (Å²) in [5.41, 5.74) is 1.94. The Morgan fingerprint density at radius 3 is 1.93 bits per heavy atom. The van der Waals surface area contributed by atoms with Gasteiger partial charge in [-0.25, -0.2) is 0 Å². The molecule has 0 bridgehead atoms. The molecule has 3 aromatic carbocycles. The average Bonchev–Trinajstić information content (AvgIpc) is 3.31. The van der Waals surface area contributed by atoms with Gasteiger partial charge in [-0.3, -0.25) is 4.79 Å². The Hall–Kier alpha value is -2.64. The van der Waals surface area contributed by atoms with E-state index in [0.717, 1.165) is 40.7 Å². The molecule has 28 heavy (non-hydrogen) atoms. The second-order valence-electron chi connectivity index (χ2n) is 7.72. The highest BCUT2D eigenvalue weighted by Gasteiger charge is 2.48. The molecule has 0 unspecified atom stereocenters. The fourth-order valence-corrected chi connectivity index (χ4v) is 7.89. The monoisotopic (exact) mass is 387 g/mol. The average molecular weight is 387 g/mol. The molecular formula is C24H22NO2P. The molecule has 3 aromatic rings. The predicted molar refractivity (Wildman–Crippen MR) is 113 cm³/mol. The summed E-state index contributed by atoms with van der Waals surface area (Å²) < 4.78 is 14.9. The van der Waals surface area contributed by atoms with E-state index in [1.54, 1.807) is 0 Å². The first-order valence-electron chi connectivity index (χ1n) is 9.79. The SMILES string of the molecule is O=C1CC[C@@]2(CCc3cccc(P(=O)(c4ccccc4)c4ccccc4)c32)N1. The second kappa shape index (κ2) is 6.46. The van der Waals surface area contributed by atoms with Gasteiger partial charge in [-0.15, -0.1) is 0 Å². The van der Waals surface area contributed by atoms with Gasteiger partial charge in [0.25, 0.3) is 0 Å². The fourth-order valence-electron chi connectivity index (χ4n) is 4.88. The van der Waals surface area contributed by atoms with Gasteiger partial charge in [0, 0.05) is 22.3 Å². The van der Waals surface area contributed by atoms with Crippen molar-refractivity contribution in [2.45, 2.75) is 31.2 Å². The van der Waals surface area contributed by atoms with Crippen LogP contribution in [0.15, 0.2) is 78.9 Å². The van der Waals surface area contributed by atoms with Crippen LogP contribution in [-0.2, 0) is 21.3 Å². The molecule has 1 atom stereocenters. The number of hydrogen-bond acceptors (Lipinski definition) is 2. The third kappa shape index (κ3) is 2.50. The normalized spacial score (nSPS) is 20.9. The molecule has 1 amide bonds. The Morgan fingerprint density at radius 2 is 1.36 bits per heavy atom. The number of carbonyl (C=O) groups is 1. The van der Waals surface area contributed by atoms with Gasteiger partial charge in [-0.1, -0.05) is 78.9 Å². The van der Waals surface area contributed by atoms with Crippen LogP contribution in [0.25, 0.3) is 0 Å². The lowest BCUT2D eigenvalue weighted by Gasteiger charge is -2.30. The Morgan fingerprint density at radius 1 is 0.750 bits per heavy atom. The maximum Gasteiger partial charge on any atom is 0.220 e. The number of amides is 1. The van der Waals surface area contributed by atoms with E-state index in [4.69, 9.17) is 0 Å². The van der Waals surface area contributed by atoms with Crippen molar-refractivity contribution in [3.05, 3.63) is 90.0 Å². The predicted octanol–water partition coefficient (Wildman–Crippen LogP) is 3.38. The Bertz CT molecular complexity index is 1050. The summed E-state index contributed by atoms with van der Waals surface area (Å²) in [6, 6.07) is 25.7. The van der Waals surface area contributed by atoms with Crippen molar-refractivity contribution in [1.82, 2.24) is 5.32 Å². The zero-order valence-corrected chi connectivity index (χ0v) is 16.5. The molecule has 1 fully saturated rings. The van der Waals surface area contributed by atoms with Gasteiger partial charge >= 0.3 is 0 Å². The summed E-state index contributed by atoms with van der Waals surface area (Å²) in [4.78, 5) is 12.1. The van der Waals surface area contributed by atoms with Crippen LogP contribution in [-0.4, -0.2) is 5.91 Å². The molecule has 0 aromatic heterocycles. The number of fused-ring (bicyclic) bond motifs is 2. The van der Waals surface area contributed by atoms with Gasteiger partial charge in [0.05, 0.1) is 5.54 Å². The molecule has 4 heteroatoms. The maximum absolute atomic E-state index is 14.9. The molecular weight excluding hydrogens is 365 g/mol. The summed E-state index contributed by atoms with van der Waals surface area (Å²) in [7, 11) is -3.07. The highest BCUT2D eigenvalue weighted by Crippen LogP contribution is 2.50. The lowest BCUT2D eigenvalue weighted by Crippen LogP contribution is -2.41. The summed E-state index contributed by atoms with van der Waals surface area (Å²) in [6.07, 6.45) is 3.11. The first-order valence-corrected chi connectivity index (χ1v) is 11.5. The summed E-state index contributed by atoms with van der Waals surface area (Å²) in [5, 5.41) is 5.79.